The van der Waals surface area contributed by atoms with Crippen molar-refractivity contribution in [2.75, 3.05) is 0 Å². The fourth-order valence-corrected chi connectivity index (χ4v) is 7.81. The summed E-state index contributed by atoms with van der Waals surface area (Å²) in [5.74, 6) is 2.35. The summed E-state index contributed by atoms with van der Waals surface area (Å²) in [6, 6.07) is 43.5. The van der Waals surface area contributed by atoms with Crippen molar-refractivity contribution in [2.24, 2.45) is 0 Å². The molecular formula is C48H44N4OPd. The van der Waals surface area contributed by atoms with Crippen LogP contribution < -0.4 is 4.74 Å². The average Bonchev–Trinajstić information content (AvgIpc) is 3.66. The Labute approximate surface area is 332 Å². The number of fused-ring (bicyclic) bond motifs is 3. The number of hydrogen-bond donors (Lipinski definition) is 0. The molecule has 0 amide bonds. The Bertz CT molecular complexity index is 2610. The first-order valence-electron chi connectivity index (χ1n) is 18.6. The van der Waals surface area contributed by atoms with E-state index in [-0.39, 0.29) is 26.3 Å². The van der Waals surface area contributed by atoms with Gasteiger partial charge in [0.1, 0.15) is 5.82 Å². The minimum absolute atomic E-state index is 0. The molecule has 3 heterocycles. The largest absolute Gasteiger partial charge is 2.00 e. The van der Waals surface area contributed by atoms with Crippen LogP contribution >= 0.6 is 0 Å². The summed E-state index contributed by atoms with van der Waals surface area (Å²) in [5, 5.41) is 7.48. The minimum Gasteiger partial charge on any atom is -0.509 e. The maximum Gasteiger partial charge on any atom is 2.00 e. The summed E-state index contributed by atoms with van der Waals surface area (Å²) in [7, 11) is 0. The smallest absolute Gasteiger partial charge is 0.509 e. The molecular weight excluding hydrogens is 755 g/mol. The van der Waals surface area contributed by atoms with Crippen LogP contribution in [0.2, 0.25) is 0 Å². The predicted molar refractivity (Wildman–Crippen MR) is 218 cm³/mol. The Morgan fingerprint density at radius 3 is 2.22 bits per heavy atom. The van der Waals surface area contributed by atoms with E-state index in [1.807, 2.05) is 12.3 Å². The molecule has 0 radical (unpaired) electrons. The van der Waals surface area contributed by atoms with Gasteiger partial charge in [-0.05, 0) is 91.6 Å². The summed E-state index contributed by atoms with van der Waals surface area (Å²) in [6.45, 7) is 15.3. The summed E-state index contributed by atoms with van der Waals surface area (Å²) in [5.41, 5.74) is 14.4. The molecule has 0 saturated carbocycles. The van der Waals surface area contributed by atoms with Crippen molar-refractivity contribution in [3.8, 4) is 45.4 Å². The number of hydrogen-bond acceptors (Lipinski definition) is 3. The van der Waals surface area contributed by atoms with E-state index < -0.39 is 0 Å². The molecule has 0 spiro atoms. The molecule has 0 N–H and O–H groups in total. The molecule has 8 rings (SSSR count). The molecule has 0 unspecified atom stereocenters. The van der Waals surface area contributed by atoms with Crippen molar-refractivity contribution in [2.45, 2.75) is 67.2 Å². The van der Waals surface area contributed by atoms with Gasteiger partial charge in [-0.1, -0.05) is 98.9 Å². The van der Waals surface area contributed by atoms with E-state index in [4.69, 9.17) is 14.8 Å². The number of nitrogens with zero attached hydrogens (tertiary/aromatic N) is 4. The van der Waals surface area contributed by atoms with Gasteiger partial charge in [0, 0.05) is 34.3 Å². The molecule has 5 aromatic carbocycles. The van der Waals surface area contributed by atoms with Crippen LogP contribution in [0.15, 0.2) is 109 Å². The molecule has 0 fully saturated rings. The Morgan fingerprint density at radius 2 is 1.48 bits per heavy atom. The Kier molecular flexibility index (Phi) is 10.4. The third-order valence-electron chi connectivity index (χ3n) is 10.1. The molecule has 5 nitrogen and oxygen atoms in total. The fourth-order valence-electron chi connectivity index (χ4n) is 7.81. The Hall–Kier alpha value is -5.28. The van der Waals surface area contributed by atoms with Crippen LogP contribution in [0.25, 0.3) is 55.7 Å². The predicted octanol–water partition coefficient (Wildman–Crippen LogP) is 12.4. The summed E-state index contributed by atoms with van der Waals surface area (Å²) >= 11 is 0. The molecule has 0 bridgehead atoms. The molecule has 0 aliphatic heterocycles. The number of aromatic nitrogens is 4. The second-order valence-corrected chi connectivity index (χ2v) is 14.5. The van der Waals surface area contributed by atoms with Gasteiger partial charge in [-0.3, -0.25) is 4.68 Å². The van der Waals surface area contributed by atoms with E-state index in [1.54, 1.807) is 0 Å². The third kappa shape index (κ3) is 6.81. The van der Waals surface area contributed by atoms with Crippen molar-refractivity contribution in [1.29, 1.82) is 0 Å². The summed E-state index contributed by atoms with van der Waals surface area (Å²) in [4.78, 5) is 4.82. The maximum atomic E-state index is 6.72. The van der Waals surface area contributed by atoms with E-state index in [0.717, 1.165) is 74.2 Å². The quantitative estimate of drug-likeness (QED) is 0.108. The van der Waals surface area contributed by atoms with Gasteiger partial charge in [-0.25, -0.2) is 4.98 Å². The van der Waals surface area contributed by atoms with Crippen molar-refractivity contribution < 1.29 is 25.2 Å². The van der Waals surface area contributed by atoms with Gasteiger partial charge < -0.3 is 9.30 Å². The van der Waals surface area contributed by atoms with E-state index in [9.17, 15) is 0 Å². The van der Waals surface area contributed by atoms with Crippen LogP contribution in [0, 0.1) is 39.8 Å². The van der Waals surface area contributed by atoms with Crippen LogP contribution in [0.5, 0.6) is 11.5 Å². The van der Waals surface area contributed by atoms with Gasteiger partial charge in [0.05, 0.1) is 11.4 Å². The molecule has 0 atom stereocenters. The first kappa shape index (κ1) is 37.1. The number of para-hydroxylation sites is 1. The van der Waals surface area contributed by atoms with Gasteiger partial charge in [-0.15, -0.1) is 41.3 Å². The molecule has 0 aliphatic rings. The fraction of sp³-hybridized carbons (Fsp3) is 0.208. The zero-order chi connectivity index (χ0) is 36.8. The SMILES string of the molecule is CCCc1ccnc(-n2c3[c-]c(Oc4[c-]c(-n5nc(C)c(-c6c(C)cc(C)cc6C)c5-c5ccccc5)cc(C(C)C)c4)ccc3c3ccccc32)c1.[Pd+2]. The second-order valence-electron chi connectivity index (χ2n) is 14.5. The maximum absolute atomic E-state index is 6.72. The van der Waals surface area contributed by atoms with Gasteiger partial charge >= 0.3 is 20.4 Å². The topological polar surface area (TPSA) is 44.9 Å². The number of ether oxygens (including phenoxy) is 1. The standard InChI is InChI=1S/C48H44N4O.Pd/c1-8-14-35-21-22-49-45(25-35)51-43-18-13-12-17-41(43)42-20-19-39(29-44(42)51)53-40-27-37(30(2)3)26-38(28-40)52-48(36-15-10-9-11-16-36)47(34(7)50-52)46-32(5)23-31(4)24-33(46)6;/h9-13,15-27,30H,8,14H2,1-7H3;/q-2;+2. The molecule has 0 saturated heterocycles. The molecule has 6 heteroatoms. The molecule has 272 valence electrons. The first-order chi connectivity index (χ1) is 25.7. The third-order valence-corrected chi connectivity index (χ3v) is 10.1. The molecule has 54 heavy (non-hydrogen) atoms. The van der Waals surface area contributed by atoms with Crippen LogP contribution in [0.3, 0.4) is 0 Å². The number of aryl methyl sites for hydroxylation is 5. The second kappa shape index (κ2) is 15.2. The van der Waals surface area contributed by atoms with E-state index in [2.05, 4.69) is 167 Å². The normalized spacial score (nSPS) is 11.4. The van der Waals surface area contributed by atoms with Gasteiger partial charge in [0.2, 0.25) is 0 Å². The van der Waals surface area contributed by atoms with Gasteiger partial charge in [0.15, 0.2) is 0 Å². The van der Waals surface area contributed by atoms with Crippen LogP contribution in [0.4, 0.5) is 0 Å². The van der Waals surface area contributed by atoms with Crippen molar-refractivity contribution in [3.05, 3.63) is 155 Å². The van der Waals surface area contributed by atoms with E-state index in [1.165, 1.54) is 27.8 Å². The monoisotopic (exact) mass is 798 g/mol. The zero-order valence-corrected chi connectivity index (χ0v) is 33.5. The van der Waals surface area contributed by atoms with Crippen molar-refractivity contribution in [1.82, 2.24) is 19.3 Å². The number of benzene rings is 5. The number of pyridine rings is 1. The Balaban J connectivity index is 0.00000450. The van der Waals surface area contributed by atoms with Gasteiger partial charge in [-0.2, -0.15) is 11.2 Å². The molecule has 8 aromatic rings. The molecule has 0 aliphatic carbocycles. The summed E-state index contributed by atoms with van der Waals surface area (Å²) < 4.78 is 11.0. The van der Waals surface area contributed by atoms with Crippen LogP contribution in [0.1, 0.15) is 66.6 Å². The average molecular weight is 799 g/mol. The Morgan fingerprint density at radius 1 is 0.741 bits per heavy atom. The van der Waals surface area contributed by atoms with Crippen LogP contribution in [-0.4, -0.2) is 19.3 Å². The van der Waals surface area contributed by atoms with Gasteiger partial charge in [0.25, 0.3) is 0 Å². The summed E-state index contributed by atoms with van der Waals surface area (Å²) in [6.07, 6.45) is 3.98. The number of rotatable bonds is 9. The van der Waals surface area contributed by atoms with E-state index >= 15 is 0 Å². The zero-order valence-electron chi connectivity index (χ0n) is 31.9. The molecule has 3 aromatic heterocycles. The van der Waals surface area contributed by atoms with Crippen LogP contribution in [-0.2, 0) is 26.8 Å². The first-order valence-corrected chi connectivity index (χ1v) is 18.6. The van der Waals surface area contributed by atoms with E-state index in [0.29, 0.717) is 11.5 Å². The van der Waals surface area contributed by atoms with Crippen molar-refractivity contribution in [3.63, 3.8) is 0 Å². The van der Waals surface area contributed by atoms with Crippen molar-refractivity contribution >= 4 is 21.8 Å². The minimum atomic E-state index is 0.